The van der Waals surface area contributed by atoms with Crippen molar-refractivity contribution in [1.82, 2.24) is 20.5 Å². The molecule has 1 saturated carbocycles. The number of nitrogens with zero attached hydrogens (tertiary/aromatic N) is 3. The predicted octanol–water partition coefficient (Wildman–Crippen LogP) is 0.760. The van der Waals surface area contributed by atoms with Crippen LogP contribution in [0.4, 0.5) is 10.2 Å². The van der Waals surface area contributed by atoms with Gasteiger partial charge in [0.2, 0.25) is 5.91 Å². The van der Waals surface area contributed by atoms with E-state index in [-0.39, 0.29) is 23.5 Å². The summed E-state index contributed by atoms with van der Waals surface area (Å²) in [5.74, 6) is -1.01. The van der Waals surface area contributed by atoms with Crippen molar-refractivity contribution < 1.29 is 14.0 Å². The van der Waals surface area contributed by atoms with Crippen molar-refractivity contribution >= 4 is 17.6 Å². The summed E-state index contributed by atoms with van der Waals surface area (Å²) < 4.78 is 14.1. The van der Waals surface area contributed by atoms with Crippen molar-refractivity contribution in [2.45, 2.75) is 24.7 Å². The van der Waals surface area contributed by atoms with Crippen molar-refractivity contribution in [3.63, 3.8) is 0 Å². The lowest BCUT2D eigenvalue weighted by Crippen LogP contribution is -2.42. The molecule has 0 atom stereocenters. The van der Waals surface area contributed by atoms with E-state index in [1.165, 1.54) is 12.1 Å². The molecule has 0 radical (unpaired) electrons. The molecule has 1 aliphatic carbocycles. The number of primary amides is 1. The van der Waals surface area contributed by atoms with Crippen LogP contribution in [0.25, 0.3) is 0 Å². The van der Waals surface area contributed by atoms with E-state index in [9.17, 15) is 14.0 Å². The molecule has 3 rings (SSSR count). The van der Waals surface area contributed by atoms with E-state index in [1.807, 2.05) is 0 Å². The van der Waals surface area contributed by atoms with Crippen LogP contribution in [0.5, 0.6) is 0 Å². The first-order valence-corrected chi connectivity index (χ1v) is 8.25. The third-order valence-electron chi connectivity index (χ3n) is 4.50. The molecule has 0 saturated heterocycles. The lowest BCUT2D eigenvalue weighted by atomic mass is 9.66. The van der Waals surface area contributed by atoms with Crippen molar-refractivity contribution in [1.29, 1.82) is 0 Å². The van der Waals surface area contributed by atoms with Crippen LogP contribution in [0.1, 0.15) is 35.4 Å². The fraction of sp³-hybridized carbons (Fsp3) is 0.353. The van der Waals surface area contributed by atoms with Crippen LogP contribution in [0.3, 0.4) is 0 Å². The summed E-state index contributed by atoms with van der Waals surface area (Å²) in [6, 6.07) is 6.08. The summed E-state index contributed by atoms with van der Waals surface area (Å²) in [4.78, 5) is 26.7. The molecule has 0 spiro atoms. The van der Waals surface area contributed by atoms with Crippen LogP contribution < -0.4 is 16.4 Å². The van der Waals surface area contributed by atoms with E-state index >= 15 is 0 Å². The molecule has 0 bridgehead atoms. The summed E-state index contributed by atoms with van der Waals surface area (Å²) in [7, 11) is 0. The molecule has 1 aliphatic rings. The molecule has 0 aliphatic heterocycles. The molecular weight excluding hydrogens is 339 g/mol. The molecular formula is C17H19FN6O2. The Balaban J connectivity index is 1.63. The highest BCUT2D eigenvalue weighted by Gasteiger charge is 2.41. The molecule has 9 heteroatoms. The zero-order valence-electron chi connectivity index (χ0n) is 14.0. The summed E-state index contributed by atoms with van der Waals surface area (Å²) in [6.45, 7) is 0.210. The van der Waals surface area contributed by atoms with E-state index < -0.39 is 11.8 Å². The maximum Gasteiger partial charge on any atom is 0.272 e. The third kappa shape index (κ3) is 3.76. The average molecular weight is 358 g/mol. The number of carbonyl (C=O) groups excluding carboxylic acids is 2. The van der Waals surface area contributed by atoms with Gasteiger partial charge in [0.25, 0.3) is 5.91 Å². The Kier molecular flexibility index (Phi) is 5.06. The minimum Gasteiger partial charge on any atom is -0.368 e. The van der Waals surface area contributed by atoms with Gasteiger partial charge in [0.1, 0.15) is 11.6 Å². The van der Waals surface area contributed by atoms with Crippen molar-refractivity contribution in [3.05, 3.63) is 47.7 Å². The Hall–Kier alpha value is -3.10. The van der Waals surface area contributed by atoms with Crippen molar-refractivity contribution in [3.8, 4) is 0 Å². The van der Waals surface area contributed by atoms with Crippen LogP contribution in [-0.2, 0) is 10.2 Å². The van der Waals surface area contributed by atoms with E-state index in [0.29, 0.717) is 18.1 Å². The van der Waals surface area contributed by atoms with Gasteiger partial charge in [-0.1, -0.05) is 6.42 Å². The maximum absolute atomic E-state index is 14.1. The molecule has 8 nitrogen and oxygen atoms in total. The number of rotatable bonds is 7. The van der Waals surface area contributed by atoms with Crippen LogP contribution >= 0.6 is 0 Å². The fourth-order valence-corrected chi connectivity index (χ4v) is 2.94. The number of nitrogens with one attached hydrogen (secondary N) is 2. The highest BCUT2D eigenvalue weighted by atomic mass is 19.1. The zero-order chi connectivity index (χ0) is 18.6. The lowest BCUT2D eigenvalue weighted by Gasteiger charge is -2.41. The average Bonchev–Trinajstić information content (AvgIpc) is 2.60. The fourth-order valence-electron chi connectivity index (χ4n) is 2.94. The number of anilines is 1. The summed E-state index contributed by atoms with van der Waals surface area (Å²) in [6.07, 6.45) is 4.30. The van der Waals surface area contributed by atoms with Gasteiger partial charge in [0, 0.05) is 18.2 Å². The van der Waals surface area contributed by atoms with Crippen molar-refractivity contribution in [2.24, 2.45) is 5.73 Å². The van der Waals surface area contributed by atoms with Gasteiger partial charge in [-0.3, -0.25) is 14.6 Å². The largest absolute Gasteiger partial charge is 0.368 e. The third-order valence-corrected chi connectivity index (χ3v) is 4.50. The number of hydrogen-bond acceptors (Lipinski definition) is 6. The second-order valence-corrected chi connectivity index (χ2v) is 6.27. The number of hydrogen-bond donors (Lipinski definition) is 3. The first-order chi connectivity index (χ1) is 12.5. The minimum absolute atomic E-state index is 0.0749. The van der Waals surface area contributed by atoms with Gasteiger partial charge in [0.15, 0.2) is 5.69 Å². The lowest BCUT2D eigenvalue weighted by molar-refractivity contribution is -0.117. The van der Waals surface area contributed by atoms with Gasteiger partial charge >= 0.3 is 0 Å². The summed E-state index contributed by atoms with van der Waals surface area (Å²) in [5, 5.41) is 13.3. The molecule has 2 heterocycles. The Labute approximate surface area is 149 Å². The van der Waals surface area contributed by atoms with Gasteiger partial charge in [-0.2, -0.15) is 0 Å². The molecule has 26 heavy (non-hydrogen) atoms. The first-order valence-electron chi connectivity index (χ1n) is 8.25. The van der Waals surface area contributed by atoms with Gasteiger partial charge in [-0.25, -0.2) is 4.39 Å². The van der Waals surface area contributed by atoms with E-state index in [2.05, 4.69) is 25.8 Å². The number of halogens is 1. The van der Waals surface area contributed by atoms with Crippen LogP contribution in [0.15, 0.2) is 30.5 Å². The second-order valence-electron chi connectivity index (χ2n) is 6.27. The highest BCUT2D eigenvalue weighted by Crippen LogP contribution is 2.43. The standard InChI is InChI=1S/C17H19FN6O2/c18-11-3-1-8-20-15(11)17(6-2-7-17)10-22-14-5-4-12(23-24-14)16(26)21-9-13(19)25/h1,3-5,8H,2,6-7,9-10H2,(H2,19,25)(H,21,26)(H,22,24). The Morgan fingerprint density at radius 1 is 1.23 bits per heavy atom. The number of amides is 2. The summed E-state index contributed by atoms with van der Waals surface area (Å²) in [5.41, 5.74) is 5.15. The van der Waals surface area contributed by atoms with Crippen molar-refractivity contribution in [2.75, 3.05) is 18.4 Å². The molecule has 2 aromatic heterocycles. The molecule has 2 amide bonds. The van der Waals surface area contributed by atoms with Gasteiger partial charge < -0.3 is 16.4 Å². The second kappa shape index (κ2) is 7.42. The molecule has 2 aromatic rings. The monoisotopic (exact) mass is 358 g/mol. The Bertz CT molecular complexity index is 807. The Morgan fingerprint density at radius 2 is 2.04 bits per heavy atom. The first kappa shape index (κ1) is 17.7. The number of carbonyl (C=O) groups is 2. The number of aromatic nitrogens is 3. The quantitative estimate of drug-likeness (QED) is 0.671. The van der Waals surface area contributed by atoms with Gasteiger partial charge in [-0.15, -0.1) is 10.2 Å². The molecule has 136 valence electrons. The molecule has 1 fully saturated rings. The van der Waals surface area contributed by atoms with Crippen LogP contribution in [-0.4, -0.2) is 40.1 Å². The smallest absolute Gasteiger partial charge is 0.272 e. The zero-order valence-corrected chi connectivity index (χ0v) is 14.0. The normalized spacial score (nSPS) is 15.0. The van der Waals surface area contributed by atoms with E-state index in [1.54, 1.807) is 18.3 Å². The molecule has 4 N–H and O–H groups in total. The predicted molar refractivity (Wildman–Crippen MR) is 91.8 cm³/mol. The highest BCUT2D eigenvalue weighted by molar-refractivity contribution is 5.94. The van der Waals surface area contributed by atoms with Gasteiger partial charge in [0.05, 0.1) is 12.2 Å². The van der Waals surface area contributed by atoms with E-state index in [4.69, 9.17) is 5.73 Å². The van der Waals surface area contributed by atoms with E-state index in [0.717, 1.165) is 19.3 Å². The maximum atomic E-state index is 14.1. The minimum atomic E-state index is -0.642. The number of pyridine rings is 1. The number of nitrogens with two attached hydrogens (primary N) is 1. The topological polar surface area (TPSA) is 123 Å². The van der Waals surface area contributed by atoms with Crippen LogP contribution in [0, 0.1) is 5.82 Å². The SMILES string of the molecule is NC(=O)CNC(=O)c1ccc(NCC2(c3ncccc3F)CCC2)nn1. The molecule has 0 aromatic carbocycles. The molecule has 0 unspecified atom stereocenters. The van der Waals surface area contributed by atoms with Crippen LogP contribution in [0.2, 0.25) is 0 Å². The Morgan fingerprint density at radius 3 is 2.62 bits per heavy atom. The summed E-state index contributed by atoms with van der Waals surface area (Å²) >= 11 is 0. The van der Waals surface area contributed by atoms with Gasteiger partial charge in [-0.05, 0) is 37.1 Å².